The number of benzene rings is 1. The number of rotatable bonds is 5. The van der Waals surface area contributed by atoms with Crippen molar-refractivity contribution in [3.8, 4) is 5.75 Å². The van der Waals surface area contributed by atoms with E-state index < -0.39 is 5.54 Å². The van der Waals surface area contributed by atoms with Crippen LogP contribution < -0.4 is 15.0 Å². The van der Waals surface area contributed by atoms with Crippen molar-refractivity contribution in [3.63, 3.8) is 0 Å². The van der Waals surface area contributed by atoms with Crippen molar-refractivity contribution in [2.24, 2.45) is 0 Å². The quantitative estimate of drug-likeness (QED) is 0.622. The van der Waals surface area contributed by atoms with Gasteiger partial charge in [-0.25, -0.2) is 9.97 Å². The molecule has 0 radical (unpaired) electrons. The number of ether oxygens (including phenoxy) is 1. The van der Waals surface area contributed by atoms with Crippen molar-refractivity contribution in [2.75, 3.05) is 44.5 Å². The average Bonchev–Trinajstić information content (AvgIpc) is 3.23. The van der Waals surface area contributed by atoms with Crippen molar-refractivity contribution < 1.29 is 9.53 Å². The summed E-state index contributed by atoms with van der Waals surface area (Å²) >= 11 is 0. The van der Waals surface area contributed by atoms with Gasteiger partial charge in [0.15, 0.2) is 0 Å². The lowest BCUT2D eigenvalue weighted by atomic mass is 9.85. The number of hydrogen-bond acceptors (Lipinski definition) is 6. The lowest BCUT2D eigenvalue weighted by Gasteiger charge is -2.45. The van der Waals surface area contributed by atoms with Crippen LogP contribution in [-0.2, 0) is 17.6 Å². The Labute approximate surface area is 194 Å². The van der Waals surface area contributed by atoms with Crippen molar-refractivity contribution in [2.45, 2.75) is 44.1 Å². The van der Waals surface area contributed by atoms with Crippen molar-refractivity contribution in [1.82, 2.24) is 19.9 Å². The van der Waals surface area contributed by atoms with Gasteiger partial charge in [-0.3, -0.25) is 9.69 Å². The van der Waals surface area contributed by atoms with Crippen LogP contribution in [0.1, 0.15) is 36.9 Å². The number of H-pyrrole nitrogens is 1. The molecule has 0 unspecified atom stereocenters. The molecule has 2 N–H and O–H groups in total. The second kappa shape index (κ2) is 8.67. The minimum Gasteiger partial charge on any atom is -0.497 e. The molecular formula is C25H32N6O2. The Balaban J connectivity index is 1.38. The summed E-state index contributed by atoms with van der Waals surface area (Å²) < 4.78 is 5.30. The zero-order valence-electron chi connectivity index (χ0n) is 19.6. The lowest BCUT2D eigenvalue weighted by molar-refractivity contribution is -0.127. The number of likely N-dealkylation sites (N-methyl/N-ethyl adjacent to an activating group) is 1. The van der Waals surface area contributed by atoms with E-state index in [4.69, 9.17) is 9.72 Å². The summed E-state index contributed by atoms with van der Waals surface area (Å²) in [7, 11) is 5.61. The third kappa shape index (κ3) is 3.82. The molecule has 5 rings (SSSR count). The molecule has 1 saturated heterocycles. The summed E-state index contributed by atoms with van der Waals surface area (Å²) in [6.07, 6.45) is 7.68. The predicted molar refractivity (Wildman–Crippen MR) is 130 cm³/mol. The molecule has 1 aliphatic heterocycles. The van der Waals surface area contributed by atoms with Gasteiger partial charge >= 0.3 is 0 Å². The minimum absolute atomic E-state index is 0.0206. The second-order valence-corrected chi connectivity index (χ2v) is 9.31. The molecule has 8 nitrogen and oxygen atoms in total. The van der Waals surface area contributed by atoms with E-state index in [1.807, 2.05) is 38.4 Å². The molecule has 33 heavy (non-hydrogen) atoms. The van der Waals surface area contributed by atoms with Gasteiger partial charge in [0.2, 0.25) is 5.91 Å². The molecule has 2 aliphatic rings. The SMILES string of the molecule is COc1cccc(NC(=O)C2(N(C)C)CCN(c3ncnc4[nH]c5c(c34)CCCC5)CC2)c1. The Hall–Kier alpha value is -3.13. The molecule has 3 heterocycles. The summed E-state index contributed by atoms with van der Waals surface area (Å²) in [5.74, 6) is 1.75. The van der Waals surface area contributed by atoms with E-state index in [0.29, 0.717) is 12.8 Å². The number of carbonyl (C=O) groups excluding carboxylic acids is 1. The van der Waals surface area contributed by atoms with Crippen LogP contribution in [0, 0.1) is 0 Å². The van der Waals surface area contributed by atoms with Crippen LogP contribution in [-0.4, -0.2) is 65.6 Å². The van der Waals surface area contributed by atoms with Gasteiger partial charge in [-0.05, 0) is 70.3 Å². The Kier molecular flexibility index (Phi) is 5.70. The number of aromatic nitrogens is 3. The van der Waals surface area contributed by atoms with Crippen LogP contribution in [0.4, 0.5) is 11.5 Å². The zero-order chi connectivity index (χ0) is 23.0. The summed E-state index contributed by atoms with van der Waals surface area (Å²) in [5.41, 5.74) is 3.80. The maximum Gasteiger partial charge on any atom is 0.245 e. The maximum absolute atomic E-state index is 13.5. The van der Waals surface area contributed by atoms with Gasteiger partial charge in [0.25, 0.3) is 0 Å². The fraction of sp³-hybridized carbons (Fsp3) is 0.480. The van der Waals surface area contributed by atoms with Crippen LogP contribution >= 0.6 is 0 Å². The molecule has 1 aliphatic carbocycles. The number of nitrogens with zero attached hydrogens (tertiary/aromatic N) is 4. The summed E-state index contributed by atoms with van der Waals surface area (Å²) in [6, 6.07) is 7.50. The van der Waals surface area contributed by atoms with Crippen LogP contribution in [0.5, 0.6) is 5.75 Å². The number of aryl methyl sites for hydroxylation is 2. The van der Waals surface area contributed by atoms with Crippen LogP contribution in [0.3, 0.4) is 0 Å². The first-order valence-electron chi connectivity index (χ1n) is 11.7. The molecule has 1 aromatic carbocycles. The van der Waals surface area contributed by atoms with E-state index in [1.165, 1.54) is 29.5 Å². The highest BCUT2D eigenvalue weighted by Crippen LogP contribution is 2.37. The number of fused-ring (bicyclic) bond motifs is 3. The number of amides is 1. The fourth-order valence-electron chi connectivity index (χ4n) is 5.36. The molecule has 0 bridgehead atoms. The van der Waals surface area contributed by atoms with Gasteiger partial charge < -0.3 is 19.9 Å². The molecule has 1 amide bonds. The normalized spacial score (nSPS) is 17.8. The summed E-state index contributed by atoms with van der Waals surface area (Å²) in [5, 5.41) is 4.29. The number of nitrogens with one attached hydrogen (secondary N) is 2. The van der Waals surface area contributed by atoms with Gasteiger partial charge in [-0.15, -0.1) is 0 Å². The molecule has 174 valence electrons. The molecule has 2 aromatic heterocycles. The third-order valence-corrected chi connectivity index (χ3v) is 7.36. The summed E-state index contributed by atoms with van der Waals surface area (Å²) in [4.78, 5) is 30.6. The number of carbonyl (C=O) groups is 1. The van der Waals surface area contributed by atoms with E-state index >= 15 is 0 Å². The minimum atomic E-state index is -0.580. The fourth-order valence-corrected chi connectivity index (χ4v) is 5.36. The van der Waals surface area contributed by atoms with Gasteiger partial charge in [0, 0.05) is 30.5 Å². The standard InChI is InChI=1S/C25H32N6O2/c1-30(2)25(24(32)28-17-7-6-8-18(15-17)33-3)11-13-31(14-12-25)23-21-19-9-4-5-10-20(19)29-22(21)26-16-27-23/h6-8,15-16H,4-5,9-14H2,1-3H3,(H,28,32)(H,26,27,29). The largest absolute Gasteiger partial charge is 0.497 e. The van der Waals surface area contributed by atoms with E-state index in [-0.39, 0.29) is 5.91 Å². The Bertz CT molecular complexity index is 1160. The number of hydrogen-bond donors (Lipinski definition) is 2. The third-order valence-electron chi connectivity index (χ3n) is 7.36. The Morgan fingerprint density at radius 2 is 1.97 bits per heavy atom. The van der Waals surface area contributed by atoms with Gasteiger partial charge in [0.05, 0.1) is 12.5 Å². The lowest BCUT2D eigenvalue weighted by Crippen LogP contribution is -2.59. The average molecular weight is 449 g/mol. The molecule has 0 spiro atoms. The van der Waals surface area contributed by atoms with Crippen molar-refractivity contribution in [1.29, 1.82) is 0 Å². The molecule has 1 fully saturated rings. The van der Waals surface area contributed by atoms with Crippen molar-refractivity contribution >= 4 is 28.4 Å². The topological polar surface area (TPSA) is 86.4 Å². The van der Waals surface area contributed by atoms with E-state index in [9.17, 15) is 4.79 Å². The first-order valence-corrected chi connectivity index (χ1v) is 11.7. The highest BCUT2D eigenvalue weighted by molar-refractivity contribution is 5.99. The van der Waals surface area contributed by atoms with Crippen molar-refractivity contribution in [3.05, 3.63) is 41.9 Å². The highest BCUT2D eigenvalue weighted by Gasteiger charge is 2.44. The zero-order valence-corrected chi connectivity index (χ0v) is 19.6. The smallest absolute Gasteiger partial charge is 0.245 e. The van der Waals surface area contributed by atoms with Gasteiger partial charge in [-0.2, -0.15) is 0 Å². The van der Waals surface area contributed by atoms with E-state index in [1.54, 1.807) is 13.4 Å². The van der Waals surface area contributed by atoms with E-state index in [0.717, 1.165) is 48.8 Å². The maximum atomic E-state index is 13.5. The van der Waals surface area contributed by atoms with E-state index in [2.05, 4.69) is 25.1 Å². The molecule has 3 aromatic rings. The monoisotopic (exact) mass is 448 g/mol. The van der Waals surface area contributed by atoms with Crippen LogP contribution in [0.2, 0.25) is 0 Å². The second-order valence-electron chi connectivity index (χ2n) is 9.31. The highest BCUT2D eigenvalue weighted by atomic mass is 16.5. The van der Waals surface area contributed by atoms with Crippen LogP contribution in [0.25, 0.3) is 11.0 Å². The van der Waals surface area contributed by atoms with Gasteiger partial charge in [0.1, 0.15) is 29.1 Å². The molecule has 8 heteroatoms. The van der Waals surface area contributed by atoms with Gasteiger partial charge in [-0.1, -0.05) is 6.07 Å². The number of aromatic amines is 1. The van der Waals surface area contributed by atoms with Crippen LogP contribution in [0.15, 0.2) is 30.6 Å². The Morgan fingerprint density at radius 3 is 2.73 bits per heavy atom. The number of anilines is 2. The predicted octanol–water partition coefficient (Wildman–Crippen LogP) is 3.38. The summed E-state index contributed by atoms with van der Waals surface area (Å²) in [6.45, 7) is 1.52. The number of methoxy groups -OCH3 is 1. The molecule has 0 atom stereocenters. The molecular weight excluding hydrogens is 416 g/mol. The first-order chi connectivity index (χ1) is 16.0. The first kappa shape index (κ1) is 21.7. The number of piperidine rings is 1. The Morgan fingerprint density at radius 1 is 1.18 bits per heavy atom. The molecule has 0 saturated carbocycles.